The maximum absolute atomic E-state index is 13.4. The summed E-state index contributed by atoms with van der Waals surface area (Å²) in [5, 5.41) is 15.7. The molecule has 1 saturated carbocycles. The number of anilines is 2. The number of halogens is 3. The predicted molar refractivity (Wildman–Crippen MR) is 178 cm³/mol. The molecule has 3 aromatic rings. The van der Waals surface area contributed by atoms with E-state index in [0.29, 0.717) is 53.4 Å². The molecule has 12 nitrogen and oxygen atoms in total. The Bertz CT molecular complexity index is 1690. The number of ether oxygens (including phenoxy) is 1. The number of rotatable bonds is 13. The summed E-state index contributed by atoms with van der Waals surface area (Å²) in [6.45, 7) is 1.61. The Morgan fingerprint density at radius 1 is 0.900 bits per heavy atom. The first kappa shape index (κ1) is 37.4. The molecule has 5 rings (SSSR count). The van der Waals surface area contributed by atoms with Crippen LogP contribution in [0.15, 0.2) is 66.7 Å². The molecule has 4 amide bonds. The fraction of sp³-hybridized carbons (Fsp3) is 0.343. The molecule has 1 heterocycles. The van der Waals surface area contributed by atoms with Crippen molar-refractivity contribution in [3.8, 4) is 5.75 Å². The summed E-state index contributed by atoms with van der Waals surface area (Å²) in [6.07, 6.45) is 0.763. The Kier molecular flexibility index (Phi) is 12.9. The molecule has 0 bridgehead atoms. The van der Waals surface area contributed by atoms with Crippen molar-refractivity contribution in [2.75, 3.05) is 30.3 Å². The smallest absolute Gasteiger partial charge is 0.482 e. The third kappa shape index (κ3) is 11.1. The number of carbonyl (C=O) groups is 5. The Balaban J connectivity index is 0.000000727. The number of fused-ring (bicyclic) bond motifs is 1. The summed E-state index contributed by atoms with van der Waals surface area (Å²) in [7, 11) is 0. The van der Waals surface area contributed by atoms with E-state index in [0.717, 1.165) is 44.1 Å². The third-order valence-corrected chi connectivity index (χ3v) is 7.72. The topological polar surface area (TPSA) is 180 Å². The zero-order valence-electron chi connectivity index (χ0n) is 27.1. The van der Waals surface area contributed by atoms with Gasteiger partial charge in [0.2, 0.25) is 0 Å². The summed E-state index contributed by atoms with van der Waals surface area (Å²) in [6, 6.07) is 19.2. The predicted octanol–water partition coefficient (Wildman–Crippen LogP) is 4.96. The van der Waals surface area contributed by atoms with Gasteiger partial charge in [0.1, 0.15) is 5.75 Å². The van der Waals surface area contributed by atoms with Crippen molar-refractivity contribution in [3.63, 3.8) is 0 Å². The number of benzene rings is 3. The number of carbonyl (C=O) groups excluding carboxylic acids is 4. The van der Waals surface area contributed by atoms with Crippen molar-refractivity contribution < 1.29 is 47.0 Å². The van der Waals surface area contributed by atoms with E-state index in [4.69, 9.17) is 20.4 Å². The molecular weight excluding hydrogens is 659 g/mol. The Labute approximate surface area is 286 Å². The van der Waals surface area contributed by atoms with Crippen LogP contribution in [0.1, 0.15) is 75.2 Å². The van der Waals surface area contributed by atoms with Crippen molar-refractivity contribution in [1.82, 2.24) is 10.2 Å². The highest BCUT2D eigenvalue weighted by atomic mass is 19.4. The van der Waals surface area contributed by atoms with E-state index < -0.39 is 12.1 Å². The van der Waals surface area contributed by atoms with Crippen LogP contribution in [-0.2, 0) is 16.1 Å². The van der Waals surface area contributed by atoms with Crippen LogP contribution in [0.2, 0.25) is 0 Å². The van der Waals surface area contributed by atoms with Gasteiger partial charge in [-0.1, -0.05) is 31.0 Å². The standard InChI is InChI=1S/C33H37N5O5.C2HF3O2/c34-16-3-1-2-4-17-35-31(40)24-6-5-7-26(18-24)36-32(41)23-10-8-22(9-11-23)20-38(27-13-14-27)33(42)25-12-15-28-29(19-25)43-21-30(39)37-28;3-2(4,5)1(6)7/h5-12,15,18-19,27H,1-4,13-14,16-17,20-21,34H2,(H,35,40)(H,36,41)(H,37,39);(H,6,7). The highest BCUT2D eigenvalue weighted by Gasteiger charge is 2.38. The first-order valence-electron chi connectivity index (χ1n) is 16.0. The lowest BCUT2D eigenvalue weighted by atomic mass is 10.1. The van der Waals surface area contributed by atoms with Crippen LogP contribution in [0.4, 0.5) is 24.5 Å². The first-order chi connectivity index (χ1) is 23.8. The van der Waals surface area contributed by atoms with Crippen LogP contribution in [0.3, 0.4) is 0 Å². The minimum atomic E-state index is -5.08. The average Bonchev–Trinajstić information content (AvgIpc) is 3.94. The highest BCUT2D eigenvalue weighted by Crippen LogP contribution is 2.33. The molecule has 0 saturated heterocycles. The van der Waals surface area contributed by atoms with Crippen molar-refractivity contribution in [1.29, 1.82) is 0 Å². The van der Waals surface area contributed by atoms with Crippen molar-refractivity contribution in [2.45, 2.75) is 57.3 Å². The van der Waals surface area contributed by atoms with Gasteiger partial charge in [-0.3, -0.25) is 19.2 Å². The largest absolute Gasteiger partial charge is 0.490 e. The molecule has 266 valence electrons. The normalized spacial score (nSPS) is 13.4. The minimum Gasteiger partial charge on any atom is -0.482 e. The SMILES string of the molecule is NCCCCCCNC(=O)c1cccc(NC(=O)c2ccc(CN(C(=O)c3ccc4c(c3)OCC(=O)N4)C3CC3)cc2)c1.O=C(O)C(F)(F)F. The van der Waals surface area contributed by atoms with Gasteiger partial charge < -0.3 is 36.4 Å². The van der Waals surface area contributed by atoms with Crippen LogP contribution in [0.25, 0.3) is 0 Å². The maximum atomic E-state index is 13.4. The monoisotopic (exact) mass is 697 g/mol. The van der Waals surface area contributed by atoms with E-state index in [2.05, 4.69) is 16.0 Å². The number of carboxylic acids is 1. The zero-order chi connectivity index (χ0) is 36.3. The molecule has 0 aromatic heterocycles. The number of hydrogen-bond acceptors (Lipinski definition) is 7. The number of amides is 4. The lowest BCUT2D eigenvalue weighted by Crippen LogP contribution is -2.33. The van der Waals surface area contributed by atoms with Gasteiger partial charge in [-0.15, -0.1) is 0 Å². The number of aliphatic carboxylic acids is 1. The summed E-state index contributed by atoms with van der Waals surface area (Å²) < 4.78 is 37.2. The van der Waals surface area contributed by atoms with Crippen molar-refractivity contribution >= 4 is 41.0 Å². The summed E-state index contributed by atoms with van der Waals surface area (Å²) in [4.78, 5) is 61.2. The van der Waals surface area contributed by atoms with Gasteiger partial charge in [0, 0.05) is 41.5 Å². The van der Waals surface area contributed by atoms with Crippen molar-refractivity contribution in [3.05, 3.63) is 89.0 Å². The van der Waals surface area contributed by atoms with Gasteiger partial charge in [0.15, 0.2) is 6.61 Å². The quantitative estimate of drug-likeness (QED) is 0.156. The van der Waals surface area contributed by atoms with E-state index in [-0.39, 0.29) is 36.3 Å². The van der Waals surface area contributed by atoms with Crippen LogP contribution in [0, 0.1) is 0 Å². The molecule has 6 N–H and O–H groups in total. The fourth-order valence-electron chi connectivity index (χ4n) is 4.95. The molecule has 0 spiro atoms. The Morgan fingerprint density at radius 3 is 2.24 bits per heavy atom. The van der Waals surface area contributed by atoms with E-state index >= 15 is 0 Å². The van der Waals surface area contributed by atoms with Gasteiger partial charge in [0.05, 0.1) is 5.69 Å². The van der Waals surface area contributed by atoms with Crippen molar-refractivity contribution in [2.24, 2.45) is 5.73 Å². The second kappa shape index (κ2) is 17.3. The molecular formula is C35H38F3N5O7. The fourth-order valence-corrected chi connectivity index (χ4v) is 4.95. The molecule has 50 heavy (non-hydrogen) atoms. The average molecular weight is 698 g/mol. The molecule has 15 heteroatoms. The number of nitrogens with one attached hydrogen (secondary N) is 3. The molecule has 2 aliphatic rings. The minimum absolute atomic E-state index is 0.0754. The molecule has 0 radical (unpaired) electrons. The first-order valence-corrected chi connectivity index (χ1v) is 16.0. The second-order valence-corrected chi connectivity index (χ2v) is 11.7. The third-order valence-electron chi connectivity index (χ3n) is 7.72. The molecule has 1 fully saturated rings. The maximum Gasteiger partial charge on any atom is 0.490 e. The number of hydrogen-bond donors (Lipinski definition) is 5. The van der Waals surface area contributed by atoms with E-state index in [9.17, 15) is 32.3 Å². The second-order valence-electron chi connectivity index (χ2n) is 11.7. The zero-order valence-corrected chi connectivity index (χ0v) is 27.1. The van der Waals surface area contributed by atoms with Gasteiger partial charge in [-0.2, -0.15) is 13.2 Å². The van der Waals surface area contributed by atoms with Gasteiger partial charge >= 0.3 is 12.1 Å². The van der Waals surface area contributed by atoms with Gasteiger partial charge in [-0.05, 0) is 86.3 Å². The van der Waals surface area contributed by atoms with Crippen LogP contribution in [0.5, 0.6) is 5.75 Å². The lowest BCUT2D eigenvalue weighted by molar-refractivity contribution is -0.192. The number of nitrogens with two attached hydrogens (primary N) is 1. The Hall–Kier alpha value is -5.44. The molecule has 1 aliphatic heterocycles. The van der Waals surface area contributed by atoms with Crippen LogP contribution in [-0.4, -0.2) is 71.5 Å². The van der Waals surface area contributed by atoms with E-state index in [1.165, 1.54) is 0 Å². The van der Waals surface area contributed by atoms with Gasteiger partial charge in [0.25, 0.3) is 23.6 Å². The summed E-state index contributed by atoms with van der Waals surface area (Å²) >= 11 is 0. The highest BCUT2D eigenvalue weighted by molar-refractivity contribution is 6.05. The van der Waals surface area contributed by atoms with Crippen LogP contribution >= 0.6 is 0 Å². The molecule has 0 atom stereocenters. The van der Waals surface area contributed by atoms with Gasteiger partial charge in [-0.25, -0.2) is 4.79 Å². The molecule has 0 unspecified atom stereocenters. The van der Waals surface area contributed by atoms with E-state index in [1.807, 2.05) is 17.0 Å². The van der Waals surface area contributed by atoms with Crippen LogP contribution < -0.4 is 26.4 Å². The number of unbranched alkanes of at least 4 members (excludes halogenated alkanes) is 3. The van der Waals surface area contributed by atoms with E-state index in [1.54, 1.807) is 54.6 Å². The summed E-state index contributed by atoms with van der Waals surface area (Å²) in [5.41, 5.74) is 8.95. The number of alkyl halides is 3. The molecule has 1 aliphatic carbocycles. The number of carboxylic acid groups (broad SMARTS) is 1. The lowest BCUT2D eigenvalue weighted by Gasteiger charge is -2.24. The summed E-state index contributed by atoms with van der Waals surface area (Å²) in [5.74, 6) is -3.07. The Morgan fingerprint density at radius 2 is 1.58 bits per heavy atom. The number of nitrogens with zero attached hydrogens (tertiary/aromatic N) is 1. The molecule has 3 aromatic carbocycles.